The molecule has 0 aliphatic carbocycles. The van der Waals surface area contributed by atoms with Gasteiger partial charge < -0.3 is 5.32 Å². The van der Waals surface area contributed by atoms with E-state index in [1.165, 1.54) is 24.4 Å². The minimum Gasteiger partial charge on any atom is -0.306 e. The first kappa shape index (κ1) is 14.5. The van der Waals surface area contributed by atoms with Gasteiger partial charge in [0.15, 0.2) is 0 Å². The second-order valence-corrected chi connectivity index (χ2v) is 4.53. The van der Waals surface area contributed by atoms with E-state index in [9.17, 15) is 13.2 Å². The van der Waals surface area contributed by atoms with Gasteiger partial charge in [0.1, 0.15) is 17.5 Å². The van der Waals surface area contributed by atoms with Crippen molar-refractivity contribution in [1.82, 2.24) is 10.3 Å². The standard InChI is InChI=1S/C15H15F3N2/c1-2-3-20-15(11-6-14(18)9-19-8-11)10-4-12(16)7-13(17)5-10/h4-9,15,20H,2-3H2,1H3. The van der Waals surface area contributed by atoms with Crippen LogP contribution in [0.25, 0.3) is 0 Å². The lowest BCUT2D eigenvalue weighted by atomic mass is 9.99. The molecule has 20 heavy (non-hydrogen) atoms. The van der Waals surface area contributed by atoms with E-state index in [2.05, 4.69) is 10.3 Å². The predicted octanol–water partition coefficient (Wildman–Crippen LogP) is 3.59. The summed E-state index contributed by atoms with van der Waals surface area (Å²) in [4.78, 5) is 3.78. The Morgan fingerprint density at radius 2 is 1.60 bits per heavy atom. The second-order valence-electron chi connectivity index (χ2n) is 4.53. The Bertz CT molecular complexity index is 567. The largest absolute Gasteiger partial charge is 0.306 e. The molecule has 2 nitrogen and oxygen atoms in total. The number of pyridine rings is 1. The third-order valence-corrected chi connectivity index (χ3v) is 2.88. The summed E-state index contributed by atoms with van der Waals surface area (Å²) >= 11 is 0. The maximum absolute atomic E-state index is 13.3. The monoisotopic (exact) mass is 280 g/mol. The van der Waals surface area contributed by atoms with E-state index in [0.717, 1.165) is 18.7 Å². The third-order valence-electron chi connectivity index (χ3n) is 2.88. The van der Waals surface area contributed by atoms with Crippen LogP contribution in [-0.2, 0) is 0 Å². The molecule has 0 aliphatic rings. The van der Waals surface area contributed by atoms with E-state index in [1.807, 2.05) is 6.92 Å². The van der Waals surface area contributed by atoms with Crippen molar-refractivity contribution in [2.75, 3.05) is 6.54 Å². The van der Waals surface area contributed by atoms with Gasteiger partial charge in [0.25, 0.3) is 0 Å². The predicted molar refractivity (Wildman–Crippen MR) is 70.7 cm³/mol. The molecular weight excluding hydrogens is 265 g/mol. The van der Waals surface area contributed by atoms with Crippen LogP contribution < -0.4 is 5.32 Å². The molecule has 5 heteroatoms. The second kappa shape index (κ2) is 6.52. The van der Waals surface area contributed by atoms with Crippen LogP contribution in [-0.4, -0.2) is 11.5 Å². The molecule has 1 aromatic carbocycles. The lowest BCUT2D eigenvalue weighted by Crippen LogP contribution is -2.23. The van der Waals surface area contributed by atoms with Gasteiger partial charge in [0.2, 0.25) is 0 Å². The molecule has 0 fully saturated rings. The SMILES string of the molecule is CCCNC(c1cncc(F)c1)c1cc(F)cc(F)c1. The smallest absolute Gasteiger partial charge is 0.141 e. The number of hydrogen-bond acceptors (Lipinski definition) is 2. The first-order chi connectivity index (χ1) is 9.60. The number of halogens is 3. The van der Waals surface area contributed by atoms with Gasteiger partial charge in [-0.05, 0) is 42.3 Å². The van der Waals surface area contributed by atoms with E-state index in [0.29, 0.717) is 17.7 Å². The summed E-state index contributed by atoms with van der Waals surface area (Å²) in [5.41, 5.74) is 0.937. The van der Waals surface area contributed by atoms with Crippen molar-refractivity contribution in [1.29, 1.82) is 0 Å². The van der Waals surface area contributed by atoms with Crippen molar-refractivity contribution in [2.24, 2.45) is 0 Å². The molecule has 0 amide bonds. The van der Waals surface area contributed by atoms with Gasteiger partial charge in [-0.3, -0.25) is 4.98 Å². The Labute approximate surface area is 115 Å². The Hall–Kier alpha value is -1.88. The van der Waals surface area contributed by atoms with Crippen LogP contribution in [0.1, 0.15) is 30.5 Å². The van der Waals surface area contributed by atoms with Crippen molar-refractivity contribution < 1.29 is 13.2 Å². The Balaban J connectivity index is 2.41. The van der Waals surface area contributed by atoms with Crippen LogP contribution in [0.3, 0.4) is 0 Å². The summed E-state index contributed by atoms with van der Waals surface area (Å²) in [6.07, 6.45) is 3.42. The minimum absolute atomic E-state index is 0.406. The van der Waals surface area contributed by atoms with E-state index in [-0.39, 0.29) is 0 Å². The van der Waals surface area contributed by atoms with Crippen molar-refractivity contribution in [3.8, 4) is 0 Å². The summed E-state index contributed by atoms with van der Waals surface area (Å²) in [6.45, 7) is 2.61. The van der Waals surface area contributed by atoms with E-state index in [4.69, 9.17) is 0 Å². The highest BCUT2D eigenvalue weighted by Gasteiger charge is 2.16. The fraction of sp³-hybridized carbons (Fsp3) is 0.267. The van der Waals surface area contributed by atoms with E-state index >= 15 is 0 Å². The fourth-order valence-electron chi connectivity index (χ4n) is 2.04. The first-order valence-corrected chi connectivity index (χ1v) is 6.40. The molecule has 1 atom stereocenters. The lowest BCUT2D eigenvalue weighted by molar-refractivity contribution is 0.554. The molecule has 1 unspecified atom stereocenters. The zero-order valence-corrected chi connectivity index (χ0v) is 11.0. The normalized spacial score (nSPS) is 12.4. The van der Waals surface area contributed by atoms with Crippen molar-refractivity contribution >= 4 is 0 Å². The number of benzene rings is 1. The summed E-state index contributed by atoms with van der Waals surface area (Å²) in [7, 11) is 0. The molecule has 0 saturated carbocycles. The van der Waals surface area contributed by atoms with Gasteiger partial charge >= 0.3 is 0 Å². The van der Waals surface area contributed by atoms with Crippen molar-refractivity contribution in [3.05, 3.63) is 65.2 Å². The highest BCUT2D eigenvalue weighted by molar-refractivity contribution is 5.31. The van der Waals surface area contributed by atoms with Gasteiger partial charge in [-0.25, -0.2) is 13.2 Å². The average Bonchev–Trinajstić information content (AvgIpc) is 2.38. The molecule has 2 aromatic rings. The maximum atomic E-state index is 13.3. The minimum atomic E-state index is -0.660. The van der Waals surface area contributed by atoms with Gasteiger partial charge in [0, 0.05) is 12.3 Å². The van der Waals surface area contributed by atoms with Crippen LogP contribution in [0.5, 0.6) is 0 Å². The number of rotatable bonds is 5. The van der Waals surface area contributed by atoms with Gasteiger partial charge in [0.05, 0.1) is 12.2 Å². The molecule has 0 bridgehead atoms. The number of nitrogens with zero attached hydrogens (tertiary/aromatic N) is 1. The fourth-order valence-corrected chi connectivity index (χ4v) is 2.04. The topological polar surface area (TPSA) is 24.9 Å². The van der Waals surface area contributed by atoms with E-state index < -0.39 is 23.5 Å². The van der Waals surface area contributed by atoms with Crippen LogP contribution in [0.2, 0.25) is 0 Å². The van der Waals surface area contributed by atoms with Gasteiger partial charge in [-0.1, -0.05) is 6.92 Å². The number of nitrogens with one attached hydrogen (secondary N) is 1. The average molecular weight is 280 g/mol. The highest BCUT2D eigenvalue weighted by Crippen LogP contribution is 2.23. The molecule has 1 N–H and O–H groups in total. The summed E-state index contributed by atoms with van der Waals surface area (Å²) in [5.74, 6) is -1.80. The van der Waals surface area contributed by atoms with Crippen LogP contribution >= 0.6 is 0 Å². The Kier molecular flexibility index (Phi) is 4.74. The summed E-state index contributed by atoms with van der Waals surface area (Å²) < 4.78 is 40.0. The quantitative estimate of drug-likeness (QED) is 0.905. The van der Waals surface area contributed by atoms with Crippen molar-refractivity contribution in [3.63, 3.8) is 0 Å². The number of hydrogen-bond donors (Lipinski definition) is 1. The van der Waals surface area contributed by atoms with Gasteiger partial charge in [-0.2, -0.15) is 0 Å². The van der Waals surface area contributed by atoms with Crippen LogP contribution in [0.4, 0.5) is 13.2 Å². The van der Waals surface area contributed by atoms with Crippen LogP contribution in [0, 0.1) is 17.5 Å². The molecule has 0 saturated heterocycles. The van der Waals surface area contributed by atoms with Crippen molar-refractivity contribution in [2.45, 2.75) is 19.4 Å². The molecule has 0 aliphatic heterocycles. The van der Waals surface area contributed by atoms with E-state index in [1.54, 1.807) is 0 Å². The van der Waals surface area contributed by atoms with Gasteiger partial charge in [-0.15, -0.1) is 0 Å². The first-order valence-electron chi connectivity index (χ1n) is 6.40. The molecule has 1 aromatic heterocycles. The lowest BCUT2D eigenvalue weighted by Gasteiger charge is -2.19. The third kappa shape index (κ3) is 3.57. The molecule has 1 heterocycles. The molecule has 2 rings (SSSR count). The zero-order chi connectivity index (χ0) is 14.5. The molecule has 106 valence electrons. The molecule has 0 spiro atoms. The molecule has 0 radical (unpaired) electrons. The Morgan fingerprint density at radius 3 is 2.20 bits per heavy atom. The maximum Gasteiger partial charge on any atom is 0.141 e. The van der Waals surface area contributed by atoms with Crippen LogP contribution in [0.15, 0.2) is 36.7 Å². The zero-order valence-electron chi connectivity index (χ0n) is 11.0. The summed E-state index contributed by atoms with van der Waals surface area (Å²) in [5, 5.41) is 3.14. The highest BCUT2D eigenvalue weighted by atomic mass is 19.1. The number of aromatic nitrogens is 1. The summed E-state index contributed by atoms with van der Waals surface area (Å²) in [6, 6.07) is 4.10. The molecular formula is C15H15F3N2. The Morgan fingerprint density at radius 1 is 0.950 bits per heavy atom.